The molecular formula is C17H17Cl2NO. The first-order valence-electron chi connectivity index (χ1n) is 6.88. The zero-order valence-electron chi connectivity index (χ0n) is 12.0. The third kappa shape index (κ3) is 3.78. The molecule has 1 atom stereocenters. The monoisotopic (exact) mass is 321 g/mol. The second-order valence-electron chi connectivity index (χ2n) is 4.98. The van der Waals surface area contributed by atoms with Gasteiger partial charge in [0, 0.05) is 11.3 Å². The molecule has 110 valence electrons. The first kappa shape index (κ1) is 15.9. The van der Waals surface area contributed by atoms with Crippen molar-refractivity contribution in [1.29, 1.82) is 0 Å². The Kier molecular flexibility index (Phi) is 5.27. The fourth-order valence-corrected chi connectivity index (χ4v) is 2.39. The van der Waals surface area contributed by atoms with Crippen LogP contribution < -0.4 is 5.32 Å². The summed E-state index contributed by atoms with van der Waals surface area (Å²) < 4.78 is 0. The standard InChI is InChI=1S/C17H17Cl2NO/c1-3-11(2)13-6-4-5-7-16(13)20-17(21)12-8-9-14(18)15(19)10-12/h4-11H,3H2,1-2H3,(H,20,21)/t11-/m1/s1. The lowest BCUT2D eigenvalue weighted by molar-refractivity contribution is 0.102. The fourth-order valence-electron chi connectivity index (χ4n) is 2.09. The number of benzene rings is 2. The number of carbonyl (C=O) groups excluding carboxylic acids is 1. The summed E-state index contributed by atoms with van der Waals surface area (Å²) in [5.41, 5.74) is 2.46. The molecule has 0 unspecified atom stereocenters. The highest BCUT2D eigenvalue weighted by atomic mass is 35.5. The normalized spacial score (nSPS) is 12.0. The molecule has 0 saturated carbocycles. The Morgan fingerprint density at radius 2 is 1.86 bits per heavy atom. The van der Waals surface area contributed by atoms with Crippen molar-refractivity contribution in [3.8, 4) is 0 Å². The van der Waals surface area contributed by atoms with E-state index in [1.54, 1.807) is 18.2 Å². The van der Waals surface area contributed by atoms with Gasteiger partial charge in [0.2, 0.25) is 0 Å². The molecule has 0 radical (unpaired) electrons. The van der Waals surface area contributed by atoms with Gasteiger partial charge in [-0.1, -0.05) is 55.2 Å². The van der Waals surface area contributed by atoms with E-state index < -0.39 is 0 Å². The fraction of sp³-hybridized carbons (Fsp3) is 0.235. The minimum absolute atomic E-state index is 0.190. The van der Waals surface area contributed by atoms with E-state index in [0.717, 1.165) is 17.7 Å². The molecular weight excluding hydrogens is 305 g/mol. The predicted octanol–water partition coefficient (Wildman–Crippen LogP) is 5.76. The molecule has 0 spiro atoms. The van der Waals surface area contributed by atoms with E-state index in [4.69, 9.17) is 23.2 Å². The maximum atomic E-state index is 12.3. The Labute approximate surface area is 135 Å². The Morgan fingerprint density at radius 3 is 2.52 bits per heavy atom. The lowest BCUT2D eigenvalue weighted by Gasteiger charge is -2.15. The van der Waals surface area contributed by atoms with Crippen molar-refractivity contribution >= 4 is 34.8 Å². The lowest BCUT2D eigenvalue weighted by Crippen LogP contribution is -2.13. The zero-order valence-corrected chi connectivity index (χ0v) is 13.5. The van der Waals surface area contributed by atoms with Gasteiger partial charge in [-0.15, -0.1) is 0 Å². The molecule has 2 aromatic carbocycles. The van der Waals surface area contributed by atoms with Crippen LogP contribution in [0.4, 0.5) is 5.69 Å². The average Bonchev–Trinajstić information content (AvgIpc) is 2.49. The summed E-state index contributed by atoms with van der Waals surface area (Å²) in [6, 6.07) is 12.7. The summed E-state index contributed by atoms with van der Waals surface area (Å²) in [5, 5.41) is 3.76. The molecule has 4 heteroatoms. The van der Waals surface area contributed by atoms with Gasteiger partial charge >= 0.3 is 0 Å². The number of hydrogen-bond acceptors (Lipinski definition) is 1. The van der Waals surface area contributed by atoms with Crippen LogP contribution in [0.25, 0.3) is 0 Å². The molecule has 0 saturated heterocycles. The van der Waals surface area contributed by atoms with Crippen molar-refractivity contribution in [2.24, 2.45) is 0 Å². The summed E-state index contributed by atoms with van der Waals surface area (Å²) in [6.45, 7) is 4.27. The highest BCUT2D eigenvalue weighted by Crippen LogP contribution is 2.28. The molecule has 0 aromatic heterocycles. The number of halogens is 2. The minimum Gasteiger partial charge on any atom is -0.322 e. The highest BCUT2D eigenvalue weighted by Gasteiger charge is 2.13. The van der Waals surface area contributed by atoms with Gasteiger partial charge in [-0.25, -0.2) is 0 Å². The molecule has 1 amide bonds. The van der Waals surface area contributed by atoms with Crippen LogP contribution in [0.1, 0.15) is 42.1 Å². The quantitative estimate of drug-likeness (QED) is 0.762. The minimum atomic E-state index is -0.190. The van der Waals surface area contributed by atoms with Crippen molar-refractivity contribution in [1.82, 2.24) is 0 Å². The predicted molar refractivity (Wildman–Crippen MR) is 89.6 cm³/mol. The second kappa shape index (κ2) is 6.97. The zero-order chi connectivity index (χ0) is 15.4. The van der Waals surface area contributed by atoms with E-state index in [1.165, 1.54) is 0 Å². The van der Waals surface area contributed by atoms with E-state index >= 15 is 0 Å². The Bertz CT molecular complexity index is 655. The number of carbonyl (C=O) groups is 1. The average molecular weight is 322 g/mol. The van der Waals surface area contributed by atoms with Crippen molar-refractivity contribution in [2.75, 3.05) is 5.32 Å². The Hall–Kier alpha value is -1.51. The van der Waals surface area contributed by atoms with E-state index in [1.807, 2.05) is 24.3 Å². The SMILES string of the molecule is CC[C@@H](C)c1ccccc1NC(=O)c1ccc(Cl)c(Cl)c1. The third-order valence-electron chi connectivity index (χ3n) is 3.53. The number of nitrogens with one attached hydrogen (secondary N) is 1. The van der Waals surface area contributed by atoms with Gasteiger partial charge in [-0.3, -0.25) is 4.79 Å². The highest BCUT2D eigenvalue weighted by molar-refractivity contribution is 6.42. The molecule has 0 aliphatic carbocycles. The first-order valence-corrected chi connectivity index (χ1v) is 7.63. The molecule has 2 nitrogen and oxygen atoms in total. The Balaban J connectivity index is 2.25. The topological polar surface area (TPSA) is 29.1 Å². The van der Waals surface area contributed by atoms with Crippen LogP contribution >= 0.6 is 23.2 Å². The molecule has 0 aliphatic heterocycles. The number of amides is 1. The van der Waals surface area contributed by atoms with E-state index in [-0.39, 0.29) is 5.91 Å². The summed E-state index contributed by atoms with van der Waals surface area (Å²) in [5.74, 6) is 0.194. The second-order valence-corrected chi connectivity index (χ2v) is 5.79. The van der Waals surface area contributed by atoms with E-state index in [0.29, 0.717) is 21.5 Å². The molecule has 2 rings (SSSR count). The number of hydrogen-bond donors (Lipinski definition) is 1. The molecule has 0 aliphatic rings. The molecule has 0 bridgehead atoms. The van der Waals surface area contributed by atoms with Crippen molar-refractivity contribution in [2.45, 2.75) is 26.2 Å². The van der Waals surface area contributed by atoms with Gasteiger partial charge in [0.05, 0.1) is 10.0 Å². The van der Waals surface area contributed by atoms with Crippen LogP contribution in [0, 0.1) is 0 Å². The van der Waals surface area contributed by atoms with Crippen LogP contribution in [0.15, 0.2) is 42.5 Å². The lowest BCUT2D eigenvalue weighted by atomic mass is 9.97. The maximum absolute atomic E-state index is 12.3. The van der Waals surface area contributed by atoms with E-state index in [9.17, 15) is 4.79 Å². The summed E-state index contributed by atoms with van der Waals surface area (Å²) in [4.78, 5) is 12.3. The number of rotatable bonds is 4. The third-order valence-corrected chi connectivity index (χ3v) is 4.27. The van der Waals surface area contributed by atoms with Crippen molar-refractivity contribution < 1.29 is 4.79 Å². The molecule has 0 heterocycles. The van der Waals surface area contributed by atoms with Gasteiger partial charge in [0.1, 0.15) is 0 Å². The van der Waals surface area contributed by atoms with Gasteiger partial charge < -0.3 is 5.32 Å². The van der Waals surface area contributed by atoms with Crippen LogP contribution in [0.5, 0.6) is 0 Å². The van der Waals surface area contributed by atoms with Gasteiger partial charge in [0.15, 0.2) is 0 Å². The summed E-state index contributed by atoms with van der Waals surface area (Å²) in [6.07, 6.45) is 1.01. The van der Waals surface area contributed by atoms with Gasteiger partial charge in [-0.2, -0.15) is 0 Å². The molecule has 1 N–H and O–H groups in total. The van der Waals surface area contributed by atoms with E-state index in [2.05, 4.69) is 19.2 Å². The van der Waals surface area contributed by atoms with Crippen molar-refractivity contribution in [3.63, 3.8) is 0 Å². The van der Waals surface area contributed by atoms with Crippen molar-refractivity contribution in [3.05, 3.63) is 63.6 Å². The van der Waals surface area contributed by atoms with Crippen LogP contribution in [0.3, 0.4) is 0 Å². The van der Waals surface area contributed by atoms with Crippen LogP contribution in [-0.2, 0) is 0 Å². The maximum Gasteiger partial charge on any atom is 0.255 e. The largest absolute Gasteiger partial charge is 0.322 e. The molecule has 2 aromatic rings. The number of anilines is 1. The van der Waals surface area contributed by atoms with Crippen LogP contribution in [-0.4, -0.2) is 5.91 Å². The molecule has 0 fully saturated rings. The molecule has 21 heavy (non-hydrogen) atoms. The summed E-state index contributed by atoms with van der Waals surface area (Å²) in [7, 11) is 0. The first-order chi connectivity index (χ1) is 10.0. The Morgan fingerprint density at radius 1 is 1.14 bits per heavy atom. The van der Waals surface area contributed by atoms with Gasteiger partial charge in [0.25, 0.3) is 5.91 Å². The van der Waals surface area contributed by atoms with Crippen LogP contribution in [0.2, 0.25) is 10.0 Å². The van der Waals surface area contributed by atoms with Gasteiger partial charge in [-0.05, 0) is 42.2 Å². The smallest absolute Gasteiger partial charge is 0.255 e. The number of para-hydroxylation sites is 1. The summed E-state index contributed by atoms with van der Waals surface area (Å²) >= 11 is 11.8.